The number of amides is 2. The average Bonchev–Trinajstić information content (AvgIpc) is 2.60. The Balaban J connectivity index is 1.91. The molecule has 0 heterocycles. The van der Waals surface area contributed by atoms with Crippen LogP contribution in [0.2, 0.25) is 5.02 Å². The van der Waals surface area contributed by atoms with Crippen LogP contribution in [0.1, 0.15) is 5.56 Å². The quantitative estimate of drug-likeness (QED) is 0.717. The summed E-state index contributed by atoms with van der Waals surface area (Å²) in [5.74, 6) is 1.08. The van der Waals surface area contributed by atoms with Crippen molar-refractivity contribution >= 4 is 23.3 Å². The summed E-state index contributed by atoms with van der Waals surface area (Å²) in [5, 5.41) is 14.9. The first kappa shape index (κ1) is 17.9. The highest BCUT2D eigenvalue weighted by Crippen LogP contribution is 2.28. The SMILES string of the molecule is COc1cc(CNC(=O)Nc2ccc(Cl)cc2)ccc1OCCO. The predicted octanol–water partition coefficient (Wildman–Crippen LogP) is 3.04. The summed E-state index contributed by atoms with van der Waals surface area (Å²) in [6, 6.07) is 11.9. The molecule has 7 heteroatoms. The van der Waals surface area contributed by atoms with Crippen LogP contribution >= 0.6 is 11.6 Å². The van der Waals surface area contributed by atoms with Crippen LogP contribution in [-0.4, -0.2) is 31.5 Å². The van der Waals surface area contributed by atoms with E-state index in [1.54, 1.807) is 36.4 Å². The first-order valence-corrected chi connectivity index (χ1v) is 7.71. The molecule has 6 nitrogen and oxygen atoms in total. The van der Waals surface area contributed by atoms with Crippen LogP contribution in [0.4, 0.5) is 10.5 Å². The van der Waals surface area contributed by atoms with E-state index in [1.165, 1.54) is 7.11 Å². The van der Waals surface area contributed by atoms with E-state index in [2.05, 4.69) is 10.6 Å². The molecule has 0 atom stereocenters. The molecular formula is C17H19ClN2O4. The van der Waals surface area contributed by atoms with Crippen LogP contribution in [0, 0.1) is 0 Å². The molecule has 128 valence electrons. The Hall–Kier alpha value is -2.44. The van der Waals surface area contributed by atoms with E-state index in [0.29, 0.717) is 28.8 Å². The normalized spacial score (nSPS) is 10.1. The van der Waals surface area contributed by atoms with Crippen LogP contribution in [-0.2, 0) is 6.54 Å². The van der Waals surface area contributed by atoms with E-state index in [4.69, 9.17) is 26.2 Å². The van der Waals surface area contributed by atoms with E-state index in [0.717, 1.165) is 5.56 Å². The minimum absolute atomic E-state index is 0.0721. The third-order valence-electron chi connectivity index (χ3n) is 3.13. The Labute approximate surface area is 145 Å². The summed E-state index contributed by atoms with van der Waals surface area (Å²) < 4.78 is 10.6. The van der Waals surface area contributed by atoms with Gasteiger partial charge in [0, 0.05) is 17.3 Å². The highest BCUT2D eigenvalue weighted by atomic mass is 35.5. The molecule has 0 saturated carbocycles. The van der Waals surface area contributed by atoms with E-state index >= 15 is 0 Å². The van der Waals surface area contributed by atoms with Crippen molar-refractivity contribution in [2.45, 2.75) is 6.54 Å². The Bertz CT molecular complexity index is 677. The first-order chi connectivity index (χ1) is 11.6. The van der Waals surface area contributed by atoms with Crippen molar-refractivity contribution in [3.63, 3.8) is 0 Å². The molecule has 0 unspecified atom stereocenters. The molecule has 0 aliphatic rings. The van der Waals surface area contributed by atoms with E-state index < -0.39 is 0 Å². The van der Waals surface area contributed by atoms with Gasteiger partial charge in [-0.15, -0.1) is 0 Å². The van der Waals surface area contributed by atoms with Gasteiger partial charge in [0.05, 0.1) is 13.7 Å². The van der Waals surface area contributed by atoms with Gasteiger partial charge in [-0.05, 0) is 42.0 Å². The average molecular weight is 351 g/mol. The number of halogens is 1. The van der Waals surface area contributed by atoms with E-state index in [9.17, 15) is 4.79 Å². The molecule has 0 aliphatic carbocycles. The van der Waals surface area contributed by atoms with Crippen molar-refractivity contribution in [1.29, 1.82) is 0 Å². The molecular weight excluding hydrogens is 332 g/mol. The molecule has 0 fully saturated rings. The van der Waals surface area contributed by atoms with Gasteiger partial charge in [-0.25, -0.2) is 4.79 Å². The lowest BCUT2D eigenvalue weighted by Gasteiger charge is -2.12. The van der Waals surface area contributed by atoms with Crippen molar-refractivity contribution < 1.29 is 19.4 Å². The van der Waals surface area contributed by atoms with Gasteiger partial charge in [0.2, 0.25) is 0 Å². The number of methoxy groups -OCH3 is 1. The minimum Gasteiger partial charge on any atom is -0.493 e. The number of hydrogen-bond donors (Lipinski definition) is 3. The molecule has 0 spiro atoms. The number of aliphatic hydroxyl groups is 1. The minimum atomic E-state index is -0.322. The lowest BCUT2D eigenvalue weighted by molar-refractivity contribution is 0.196. The van der Waals surface area contributed by atoms with Gasteiger partial charge >= 0.3 is 6.03 Å². The zero-order valence-corrected chi connectivity index (χ0v) is 14.0. The molecule has 0 aliphatic heterocycles. The second-order valence-electron chi connectivity index (χ2n) is 4.87. The maximum atomic E-state index is 11.9. The maximum absolute atomic E-state index is 11.9. The second kappa shape index (κ2) is 9.00. The van der Waals surface area contributed by atoms with Crippen molar-refractivity contribution in [2.24, 2.45) is 0 Å². The van der Waals surface area contributed by atoms with Crippen LogP contribution in [0.15, 0.2) is 42.5 Å². The number of benzene rings is 2. The lowest BCUT2D eigenvalue weighted by Crippen LogP contribution is -2.28. The van der Waals surface area contributed by atoms with Crippen molar-refractivity contribution in [1.82, 2.24) is 5.32 Å². The largest absolute Gasteiger partial charge is 0.493 e. The van der Waals surface area contributed by atoms with Crippen molar-refractivity contribution in [3.8, 4) is 11.5 Å². The summed E-state index contributed by atoms with van der Waals surface area (Å²) in [5.41, 5.74) is 1.51. The summed E-state index contributed by atoms with van der Waals surface area (Å²) in [7, 11) is 1.53. The van der Waals surface area contributed by atoms with Gasteiger partial charge in [-0.2, -0.15) is 0 Å². The van der Waals surface area contributed by atoms with E-state index in [-0.39, 0.29) is 19.2 Å². The fourth-order valence-electron chi connectivity index (χ4n) is 1.99. The molecule has 0 aromatic heterocycles. The standard InChI is InChI=1S/C17H19ClN2O4/c1-23-16-10-12(2-7-15(16)24-9-8-21)11-19-17(22)20-14-5-3-13(18)4-6-14/h2-7,10,21H,8-9,11H2,1H3,(H2,19,20,22). The summed E-state index contributed by atoms with van der Waals surface area (Å²) in [6.45, 7) is 0.449. The summed E-state index contributed by atoms with van der Waals surface area (Å²) in [4.78, 5) is 11.9. The smallest absolute Gasteiger partial charge is 0.319 e. The van der Waals surface area contributed by atoms with Crippen LogP contribution < -0.4 is 20.1 Å². The fraction of sp³-hybridized carbons (Fsp3) is 0.235. The van der Waals surface area contributed by atoms with Crippen LogP contribution in [0.3, 0.4) is 0 Å². The number of carbonyl (C=O) groups is 1. The molecule has 0 radical (unpaired) electrons. The molecule has 2 rings (SSSR count). The van der Waals surface area contributed by atoms with Gasteiger partial charge < -0.3 is 25.2 Å². The molecule has 2 amide bonds. The number of hydrogen-bond acceptors (Lipinski definition) is 4. The van der Waals surface area contributed by atoms with Crippen molar-refractivity contribution in [2.75, 3.05) is 25.6 Å². The molecule has 24 heavy (non-hydrogen) atoms. The lowest BCUT2D eigenvalue weighted by atomic mass is 10.2. The Morgan fingerprint density at radius 3 is 2.58 bits per heavy atom. The maximum Gasteiger partial charge on any atom is 0.319 e. The highest BCUT2D eigenvalue weighted by Gasteiger charge is 2.07. The zero-order valence-electron chi connectivity index (χ0n) is 13.2. The highest BCUT2D eigenvalue weighted by molar-refractivity contribution is 6.30. The molecule has 2 aromatic carbocycles. The third kappa shape index (κ3) is 5.33. The number of aliphatic hydroxyl groups excluding tert-OH is 1. The van der Waals surface area contributed by atoms with Gasteiger partial charge in [-0.1, -0.05) is 17.7 Å². The Morgan fingerprint density at radius 1 is 1.17 bits per heavy atom. The number of carbonyl (C=O) groups excluding carboxylic acids is 1. The summed E-state index contributed by atoms with van der Waals surface area (Å²) in [6.07, 6.45) is 0. The first-order valence-electron chi connectivity index (χ1n) is 7.33. The van der Waals surface area contributed by atoms with Gasteiger partial charge in [0.25, 0.3) is 0 Å². The molecule has 0 bridgehead atoms. The van der Waals surface area contributed by atoms with E-state index in [1.807, 2.05) is 6.07 Å². The summed E-state index contributed by atoms with van der Waals surface area (Å²) >= 11 is 5.80. The zero-order chi connectivity index (χ0) is 17.4. The van der Waals surface area contributed by atoms with Gasteiger partial charge in [-0.3, -0.25) is 0 Å². The monoisotopic (exact) mass is 350 g/mol. The number of urea groups is 1. The fourth-order valence-corrected chi connectivity index (χ4v) is 2.11. The number of ether oxygens (including phenoxy) is 2. The topological polar surface area (TPSA) is 79.8 Å². The second-order valence-corrected chi connectivity index (χ2v) is 5.31. The Kier molecular flexibility index (Phi) is 6.72. The van der Waals surface area contributed by atoms with Crippen molar-refractivity contribution in [3.05, 3.63) is 53.1 Å². The molecule has 2 aromatic rings. The number of nitrogens with one attached hydrogen (secondary N) is 2. The van der Waals surface area contributed by atoms with Crippen LogP contribution in [0.5, 0.6) is 11.5 Å². The molecule has 0 saturated heterocycles. The Morgan fingerprint density at radius 2 is 1.92 bits per heavy atom. The number of anilines is 1. The predicted molar refractivity (Wildman–Crippen MR) is 92.9 cm³/mol. The number of rotatable bonds is 7. The molecule has 3 N–H and O–H groups in total. The van der Waals surface area contributed by atoms with Gasteiger partial charge in [0.1, 0.15) is 6.61 Å². The third-order valence-corrected chi connectivity index (χ3v) is 3.38. The van der Waals surface area contributed by atoms with Crippen LogP contribution in [0.25, 0.3) is 0 Å². The van der Waals surface area contributed by atoms with Gasteiger partial charge in [0.15, 0.2) is 11.5 Å².